The number of likely N-dealkylation sites (N-methyl/N-ethyl adjacent to an activating group) is 1. The Hall–Kier alpha value is -0.870. The van der Waals surface area contributed by atoms with Crippen LogP contribution in [-0.4, -0.2) is 38.1 Å². The van der Waals surface area contributed by atoms with Gasteiger partial charge in [-0.15, -0.1) is 11.3 Å². The molecule has 2 atom stereocenters. The minimum atomic E-state index is -0.0634. The Labute approximate surface area is 100 Å². The molecule has 1 aromatic heterocycles. The first-order valence-electron chi connectivity index (χ1n) is 5.52. The maximum atomic E-state index is 11.7. The molecular formula is C12H17NO2S. The molecule has 0 N–H and O–H groups in total. The van der Waals surface area contributed by atoms with E-state index in [-0.39, 0.29) is 11.9 Å². The van der Waals surface area contributed by atoms with E-state index in [2.05, 4.69) is 23.4 Å². The van der Waals surface area contributed by atoms with Gasteiger partial charge in [0.1, 0.15) is 0 Å². The highest BCUT2D eigenvalue weighted by atomic mass is 32.1. The van der Waals surface area contributed by atoms with E-state index in [0.717, 1.165) is 19.5 Å². The average Bonchev–Trinajstić information content (AvgIpc) is 2.81. The van der Waals surface area contributed by atoms with Crippen LogP contribution in [0.25, 0.3) is 0 Å². The fourth-order valence-corrected chi connectivity index (χ4v) is 3.22. The van der Waals surface area contributed by atoms with E-state index in [1.807, 2.05) is 6.07 Å². The lowest BCUT2D eigenvalue weighted by atomic mass is 9.84. The van der Waals surface area contributed by atoms with Gasteiger partial charge in [0.15, 0.2) is 0 Å². The van der Waals surface area contributed by atoms with Crippen LogP contribution in [-0.2, 0) is 9.53 Å². The second kappa shape index (κ2) is 4.97. The van der Waals surface area contributed by atoms with Crippen molar-refractivity contribution in [3.8, 4) is 0 Å². The topological polar surface area (TPSA) is 29.5 Å². The molecule has 4 heteroatoms. The molecule has 2 rings (SSSR count). The van der Waals surface area contributed by atoms with Crippen molar-refractivity contribution in [2.75, 3.05) is 27.2 Å². The summed E-state index contributed by atoms with van der Waals surface area (Å²) in [5.74, 6) is 0.262. The molecule has 0 unspecified atom stereocenters. The molecule has 0 radical (unpaired) electrons. The quantitative estimate of drug-likeness (QED) is 0.739. The summed E-state index contributed by atoms with van der Waals surface area (Å²) in [4.78, 5) is 15.3. The third-order valence-electron chi connectivity index (χ3n) is 3.23. The van der Waals surface area contributed by atoms with E-state index in [4.69, 9.17) is 4.74 Å². The number of carbonyl (C=O) groups excluding carboxylic acids is 1. The third-order valence-corrected chi connectivity index (χ3v) is 4.23. The van der Waals surface area contributed by atoms with Gasteiger partial charge in [-0.2, -0.15) is 0 Å². The minimum absolute atomic E-state index is 0.0276. The van der Waals surface area contributed by atoms with Crippen molar-refractivity contribution >= 4 is 17.3 Å². The first-order valence-corrected chi connectivity index (χ1v) is 6.40. The van der Waals surface area contributed by atoms with E-state index in [1.165, 1.54) is 12.0 Å². The second-order valence-corrected chi connectivity index (χ2v) is 5.28. The van der Waals surface area contributed by atoms with Gasteiger partial charge in [-0.25, -0.2) is 0 Å². The smallest absolute Gasteiger partial charge is 0.309 e. The van der Waals surface area contributed by atoms with E-state index >= 15 is 0 Å². The van der Waals surface area contributed by atoms with E-state index in [1.54, 1.807) is 11.3 Å². The van der Waals surface area contributed by atoms with E-state index < -0.39 is 0 Å². The van der Waals surface area contributed by atoms with Gasteiger partial charge in [-0.3, -0.25) is 4.79 Å². The van der Waals surface area contributed by atoms with Gasteiger partial charge < -0.3 is 9.64 Å². The lowest BCUT2D eigenvalue weighted by Crippen LogP contribution is -2.40. The van der Waals surface area contributed by atoms with Crippen molar-refractivity contribution in [2.24, 2.45) is 5.92 Å². The summed E-state index contributed by atoms with van der Waals surface area (Å²) in [5, 5.41) is 2.07. The molecule has 0 bridgehead atoms. The van der Waals surface area contributed by atoms with Crippen molar-refractivity contribution in [2.45, 2.75) is 12.3 Å². The largest absolute Gasteiger partial charge is 0.469 e. The summed E-state index contributed by atoms with van der Waals surface area (Å²) in [6.07, 6.45) is 0.895. The van der Waals surface area contributed by atoms with Gasteiger partial charge in [0, 0.05) is 17.3 Å². The van der Waals surface area contributed by atoms with Gasteiger partial charge >= 0.3 is 5.97 Å². The maximum absolute atomic E-state index is 11.7. The SMILES string of the molecule is COC(=O)[C@H]1CCN(C)C[C@@H]1c1cccs1. The number of methoxy groups -OCH3 is 1. The van der Waals surface area contributed by atoms with Crippen molar-refractivity contribution in [1.82, 2.24) is 4.90 Å². The number of thiophene rings is 1. The van der Waals surface area contributed by atoms with Gasteiger partial charge in [0.05, 0.1) is 13.0 Å². The van der Waals surface area contributed by atoms with Crippen LogP contribution in [0, 0.1) is 5.92 Å². The summed E-state index contributed by atoms with van der Waals surface area (Å²) in [5.41, 5.74) is 0. The molecule has 0 spiro atoms. The fraction of sp³-hybridized carbons (Fsp3) is 0.583. The average molecular weight is 239 g/mol. The number of carbonyl (C=O) groups is 1. The van der Waals surface area contributed by atoms with Crippen LogP contribution < -0.4 is 0 Å². The number of hydrogen-bond donors (Lipinski definition) is 0. The number of ether oxygens (including phenoxy) is 1. The van der Waals surface area contributed by atoms with Crippen molar-refractivity contribution in [1.29, 1.82) is 0 Å². The number of piperidine rings is 1. The molecule has 1 aliphatic heterocycles. The van der Waals surface area contributed by atoms with Crippen LogP contribution in [0.3, 0.4) is 0 Å². The zero-order valence-electron chi connectivity index (χ0n) is 9.68. The molecule has 1 aliphatic rings. The van der Waals surface area contributed by atoms with Crippen LogP contribution in [0.4, 0.5) is 0 Å². The molecule has 1 aromatic rings. The van der Waals surface area contributed by atoms with Crippen LogP contribution >= 0.6 is 11.3 Å². The second-order valence-electron chi connectivity index (χ2n) is 4.30. The van der Waals surface area contributed by atoms with Gasteiger partial charge in [0.2, 0.25) is 0 Å². The predicted molar refractivity (Wildman–Crippen MR) is 64.7 cm³/mol. The highest BCUT2D eigenvalue weighted by Gasteiger charge is 2.35. The Morgan fingerprint density at radius 3 is 3.06 bits per heavy atom. The zero-order valence-corrected chi connectivity index (χ0v) is 10.5. The first-order chi connectivity index (χ1) is 7.72. The third kappa shape index (κ3) is 2.28. The standard InChI is InChI=1S/C12H17NO2S/c1-13-6-5-9(12(14)15-2)10(8-13)11-4-3-7-16-11/h3-4,7,9-10H,5-6,8H2,1-2H3/t9-,10-/m0/s1. The van der Waals surface area contributed by atoms with Crippen molar-refractivity contribution in [3.63, 3.8) is 0 Å². The number of nitrogens with zero attached hydrogens (tertiary/aromatic N) is 1. The van der Waals surface area contributed by atoms with Gasteiger partial charge in [-0.05, 0) is 31.5 Å². The summed E-state index contributed by atoms with van der Waals surface area (Å²) < 4.78 is 4.90. The zero-order chi connectivity index (χ0) is 11.5. The molecule has 0 aromatic carbocycles. The predicted octanol–water partition coefficient (Wildman–Crippen LogP) is 1.96. The summed E-state index contributed by atoms with van der Waals surface area (Å²) in [6.45, 7) is 1.92. The minimum Gasteiger partial charge on any atom is -0.469 e. The Kier molecular flexibility index (Phi) is 3.61. The number of hydrogen-bond acceptors (Lipinski definition) is 4. The lowest BCUT2D eigenvalue weighted by Gasteiger charge is -2.34. The van der Waals surface area contributed by atoms with Gasteiger partial charge in [-0.1, -0.05) is 6.07 Å². The van der Waals surface area contributed by atoms with Crippen LogP contribution in [0.2, 0.25) is 0 Å². The van der Waals surface area contributed by atoms with E-state index in [0.29, 0.717) is 5.92 Å². The Balaban J connectivity index is 2.19. The van der Waals surface area contributed by atoms with Crippen LogP contribution in [0.15, 0.2) is 17.5 Å². The number of likely N-dealkylation sites (tertiary alicyclic amines) is 1. The molecule has 88 valence electrons. The fourth-order valence-electron chi connectivity index (χ4n) is 2.34. The monoisotopic (exact) mass is 239 g/mol. The highest BCUT2D eigenvalue weighted by Crippen LogP contribution is 2.35. The Bertz CT molecular complexity index is 350. The Morgan fingerprint density at radius 1 is 1.62 bits per heavy atom. The normalized spacial score (nSPS) is 26.6. The van der Waals surface area contributed by atoms with Gasteiger partial charge in [0.25, 0.3) is 0 Å². The molecule has 2 heterocycles. The molecular weight excluding hydrogens is 222 g/mol. The number of esters is 1. The van der Waals surface area contributed by atoms with E-state index in [9.17, 15) is 4.79 Å². The summed E-state index contributed by atoms with van der Waals surface area (Å²) in [6, 6.07) is 4.16. The van der Waals surface area contributed by atoms with Crippen molar-refractivity contribution < 1.29 is 9.53 Å². The molecule has 16 heavy (non-hydrogen) atoms. The summed E-state index contributed by atoms with van der Waals surface area (Å²) in [7, 11) is 3.58. The molecule has 0 saturated carbocycles. The number of rotatable bonds is 2. The van der Waals surface area contributed by atoms with Crippen LogP contribution in [0.1, 0.15) is 17.2 Å². The molecule has 1 fully saturated rings. The lowest BCUT2D eigenvalue weighted by molar-refractivity contribution is -0.147. The first kappa shape index (κ1) is 11.6. The Morgan fingerprint density at radius 2 is 2.44 bits per heavy atom. The van der Waals surface area contributed by atoms with Crippen molar-refractivity contribution in [3.05, 3.63) is 22.4 Å². The molecule has 0 amide bonds. The summed E-state index contributed by atoms with van der Waals surface area (Å²) >= 11 is 1.73. The maximum Gasteiger partial charge on any atom is 0.309 e. The van der Waals surface area contributed by atoms with Crippen LogP contribution in [0.5, 0.6) is 0 Å². The molecule has 1 saturated heterocycles. The molecule has 0 aliphatic carbocycles. The highest BCUT2D eigenvalue weighted by molar-refractivity contribution is 7.10. The molecule has 3 nitrogen and oxygen atoms in total.